The molecule has 4 heteroatoms. The van der Waals surface area contributed by atoms with Crippen molar-refractivity contribution in [3.63, 3.8) is 0 Å². The van der Waals surface area contributed by atoms with Crippen LogP contribution in [0.3, 0.4) is 0 Å². The summed E-state index contributed by atoms with van der Waals surface area (Å²) in [5.74, 6) is 6.16. The van der Waals surface area contributed by atoms with Crippen molar-refractivity contribution in [2.75, 3.05) is 6.54 Å². The lowest BCUT2D eigenvalue weighted by atomic mass is 10.4. The minimum absolute atomic E-state index is 0.769. The van der Waals surface area contributed by atoms with E-state index in [1.165, 1.54) is 0 Å². The van der Waals surface area contributed by atoms with Gasteiger partial charge in [-0.3, -0.25) is 11.3 Å². The number of nitrogens with one attached hydrogen (secondary N) is 1. The monoisotopic (exact) mass is 140 g/mol. The Morgan fingerprint density at radius 1 is 1.80 bits per heavy atom. The molecule has 0 aromatic carbocycles. The summed E-state index contributed by atoms with van der Waals surface area (Å²) >= 11 is 0. The molecule has 0 aliphatic heterocycles. The summed E-state index contributed by atoms with van der Waals surface area (Å²) in [5.41, 5.74) is 2.58. The first kappa shape index (κ1) is 7.24. The Balaban J connectivity index is 2.49. The predicted molar refractivity (Wildman–Crippen MR) is 39.1 cm³/mol. The van der Waals surface area contributed by atoms with Crippen LogP contribution in [0, 0.1) is 0 Å². The van der Waals surface area contributed by atoms with E-state index in [1.807, 2.05) is 17.8 Å². The SMILES string of the molecule is Cn1ccnc1CCNN. The van der Waals surface area contributed by atoms with Gasteiger partial charge in [-0.2, -0.15) is 0 Å². The lowest BCUT2D eigenvalue weighted by Crippen LogP contribution is -2.25. The van der Waals surface area contributed by atoms with Gasteiger partial charge in [0.2, 0.25) is 0 Å². The van der Waals surface area contributed by atoms with E-state index in [0.29, 0.717) is 0 Å². The van der Waals surface area contributed by atoms with Gasteiger partial charge >= 0.3 is 0 Å². The smallest absolute Gasteiger partial charge is 0.109 e. The molecule has 0 radical (unpaired) electrons. The van der Waals surface area contributed by atoms with Gasteiger partial charge in [-0.1, -0.05) is 0 Å². The van der Waals surface area contributed by atoms with Crippen LogP contribution in [0.15, 0.2) is 12.4 Å². The molecule has 0 fully saturated rings. The lowest BCUT2D eigenvalue weighted by Gasteiger charge is -1.98. The van der Waals surface area contributed by atoms with Crippen molar-refractivity contribution in [3.05, 3.63) is 18.2 Å². The molecule has 0 atom stereocenters. The highest BCUT2D eigenvalue weighted by Gasteiger charge is 1.95. The first-order chi connectivity index (χ1) is 4.84. The van der Waals surface area contributed by atoms with Crippen LogP contribution in [0.2, 0.25) is 0 Å². The van der Waals surface area contributed by atoms with Crippen LogP contribution in [0.1, 0.15) is 5.82 Å². The molecule has 1 heterocycles. The minimum Gasteiger partial charge on any atom is -0.338 e. The van der Waals surface area contributed by atoms with Gasteiger partial charge in [-0.15, -0.1) is 0 Å². The average molecular weight is 140 g/mol. The third-order valence-corrected chi connectivity index (χ3v) is 1.41. The molecule has 0 saturated heterocycles. The standard InChI is InChI=1S/C6H12N4/c1-10-5-4-8-6(10)2-3-9-7/h4-5,9H,2-3,7H2,1H3. The molecule has 0 aliphatic rings. The third-order valence-electron chi connectivity index (χ3n) is 1.41. The van der Waals surface area contributed by atoms with Crippen LogP contribution in [-0.4, -0.2) is 16.1 Å². The summed E-state index contributed by atoms with van der Waals surface area (Å²) < 4.78 is 1.98. The quantitative estimate of drug-likeness (QED) is 0.436. The van der Waals surface area contributed by atoms with E-state index in [2.05, 4.69) is 10.4 Å². The van der Waals surface area contributed by atoms with Gasteiger partial charge < -0.3 is 4.57 Å². The summed E-state index contributed by atoms with van der Waals surface area (Å²) in [4.78, 5) is 4.12. The molecular weight excluding hydrogens is 128 g/mol. The highest BCUT2D eigenvalue weighted by molar-refractivity contribution is 4.91. The molecule has 0 amide bonds. The zero-order valence-corrected chi connectivity index (χ0v) is 6.04. The molecule has 0 unspecified atom stereocenters. The van der Waals surface area contributed by atoms with Crippen LogP contribution in [0.5, 0.6) is 0 Å². The van der Waals surface area contributed by atoms with Crippen LogP contribution >= 0.6 is 0 Å². The van der Waals surface area contributed by atoms with Crippen molar-refractivity contribution in [3.8, 4) is 0 Å². The Hall–Kier alpha value is -0.870. The number of nitrogens with zero attached hydrogens (tertiary/aromatic N) is 2. The van der Waals surface area contributed by atoms with E-state index in [0.717, 1.165) is 18.8 Å². The van der Waals surface area contributed by atoms with E-state index in [9.17, 15) is 0 Å². The van der Waals surface area contributed by atoms with E-state index < -0.39 is 0 Å². The normalized spacial score (nSPS) is 10.2. The number of aryl methyl sites for hydroxylation is 1. The molecular formula is C6H12N4. The number of hydrogen-bond acceptors (Lipinski definition) is 3. The summed E-state index contributed by atoms with van der Waals surface area (Å²) in [6, 6.07) is 0. The van der Waals surface area contributed by atoms with E-state index in [-0.39, 0.29) is 0 Å². The number of imidazole rings is 1. The fourth-order valence-electron chi connectivity index (χ4n) is 0.821. The fourth-order valence-corrected chi connectivity index (χ4v) is 0.821. The fraction of sp³-hybridized carbons (Fsp3) is 0.500. The van der Waals surface area contributed by atoms with Gasteiger partial charge in [0.25, 0.3) is 0 Å². The average Bonchev–Trinajstić information content (AvgIpc) is 2.31. The predicted octanol–water partition coefficient (Wildman–Crippen LogP) is -0.574. The number of rotatable bonds is 3. The maximum atomic E-state index is 5.11. The van der Waals surface area contributed by atoms with Crippen LogP contribution < -0.4 is 11.3 Å². The molecule has 0 aliphatic carbocycles. The number of hydrogen-bond donors (Lipinski definition) is 2. The van der Waals surface area contributed by atoms with Gasteiger partial charge in [0.05, 0.1) is 0 Å². The van der Waals surface area contributed by atoms with Gasteiger partial charge in [0.1, 0.15) is 5.82 Å². The van der Waals surface area contributed by atoms with Gasteiger partial charge in [-0.05, 0) is 0 Å². The topological polar surface area (TPSA) is 55.9 Å². The number of aromatic nitrogens is 2. The maximum absolute atomic E-state index is 5.11. The first-order valence-electron chi connectivity index (χ1n) is 3.24. The summed E-state index contributed by atoms with van der Waals surface area (Å²) in [6.07, 6.45) is 4.58. The van der Waals surface area contributed by atoms with Crippen molar-refractivity contribution < 1.29 is 0 Å². The number of hydrazine groups is 1. The summed E-state index contributed by atoms with van der Waals surface area (Å²) in [6.45, 7) is 0.769. The highest BCUT2D eigenvalue weighted by atomic mass is 15.2. The zero-order chi connectivity index (χ0) is 7.40. The van der Waals surface area contributed by atoms with Crippen molar-refractivity contribution in [2.24, 2.45) is 12.9 Å². The highest BCUT2D eigenvalue weighted by Crippen LogP contribution is 1.92. The molecule has 4 nitrogen and oxygen atoms in total. The summed E-state index contributed by atoms with van der Waals surface area (Å²) in [7, 11) is 1.97. The molecule has 1 aromatic heterocycles. The van der Waals surface area contributed by atoms with Crippen molar-refractivity contribution in [1.29, 1.82) is 0 Å². The minimum atomic E-state index is 0.769. The molecule has 1 rings (SSSR count). The second-order valence-corrected chi connectivity index (χ2v) is 2.16. The van der Waals surface area contributed by atoms with Gasteiger partial charge in [-0.25, -0.2) is 4.98 Å². The second-order valence-electron chi connectivity index (χ2n) is 2.16. The Kier molecular flexibility index (Phi) is 2.42. The van der Waals surface area contributed by atoms with Gasteiger partial charge in [0.15, 0.2) is 0 Å². The van der Waals surface area contributed by atoms with Gasteiger partial charge in [0, 0.05) is 32.4 Å². The first-order valence-corrected chi connectivity index (χ1v) is 3.24. The summed E-state index contributed by atoms with van der Waals surface area (Å²) in [5, 5.41) is 0. The molecule has 56 valence electrons. The van der Waals surface area contributed by atoms with Crippen LogP contribution in [0.4, 0.5) is 0 Å². The van der Waals surface area contributed by atoms with Crippen molar-refractivity contribution in [2.45, 2.75) is 6.42 Å². The van der Waals surface area contributed by atoms with Crippen LogP contribution in [-0.2, 0) is 13.5 Å². The second kappa shape index (κ2) is 3.34. The Morgan fingerprint density at radius 2 is 2.60 bits per heavy atom. The Bertz CT molecular complexity index is 193. The van der Waals surface area contributed by atoms with E-state index >= 15 is 0 Å². The maximum Gasteiger partial charge on any atom is 0.109 e. The van der Waals surface area contributed by atoms with Crippen molar-refractivity contribution >= 4 is 0 Å². The van der Waals surface area contributed by atoms with Crippen molar-refractivity contribution in [1.82, 2.24) is 15.0 Å². The lowest BCUT2D eigenvalue weighted by molar-refractivity contribution is 0.682. The molecule has 3 N–H and O–H groups in total. The molecule has 10 heavy (non-hydrogen) atoms. The number of nitrogens with two attached hydrogens (primary N) is 1. The molecule has 0 bridgehead atoms. The van der Waals surface area contributed by atoms with Crippen LogP contribution in [0.25, 0.3) is 0 Å². The van der Waals surface area contributed by atoms with E-state index in [4.69, 9.17) is 5.84 Å². The zero-order valence-electron chi connectivity index (χ0n) is 6.04. The third kappa shape index (κ3) is 1.55. The molecule has 0 saturated carbocycles. The molecule has 1 aromatic rings. The van der Waals surface area contributed by atoms with E-state index in [1.54, 1.807) is 6.20 Å². The molecule has 0 spiro atoms. The Labute approximate surface area is 60.0 Å². The Morgan fingerprint density at radius 3 is 3.10 bits per heavy atom. The largest absolute Gasteiger partial charge is 0.338 e.